The van der Waals surface area contributed by atoms with Crippen LogP contribution in [0, 0.1) is 0 Å². The molecular formula is C23H29N3OS. The van der Waals surface area contributed by atoms with Gasteiger partial charge in [-0.05, 0) is 63.2 Å². The highest BCUT2D eigenvalue weighted by Crippen LogP contribution is 2.30. The highest BCUT2D eigenvalue weighted by atomic mass is 32.1. The molecule has 1 amide bonds. The van der Waals surface area contributed by atoms with Crippen molar-refractivity contribution in [2.75, 3.05) is 32.1 Å². The zero-order chi connectivity index (χ0) is 19.9. The van der Waals surface area contributed by atoms with E-state index in [1.54, 1.807) is 11.3 Å². The van der Waals surface area contributed by atoms with E-state index in [-0.39, 0.29) is 5.91 Å². The van der Waals surface area contributed by atoms with Crippen LogP contribution in [0.3, 0.4) is 0 Å². The number of aromatic nitrogens is 1. The Morgan fingerprint density at radius 1 is 1.04 bits per heavy atom. The predicted octanol–water partition coefficient (Wildman–Crippen LogP) is 4.78. The van der Waals surface area contributed by atoms with E-state index < -0.39 is 0 Å². The molecule has 1 aromatic heterocycles. The first-order valence-corrected chi connectivity index (χ1v) is 10.8. The summed E-state index contributed by atoms with van der Waals surface area (Å²) in [7, 11) is 4.12. The number of anilines is 1. The predicted molar refractivity (Wildman–Crippen MR) is 119 cm³/mol. The number of carbonyl (C=O) groups excluding carboxylic acids is 1. The van der Waals surface area contributed by atoms with Gasteiger partial charge in [0.1, 0.15) is 0 Å². The molecule has 1 heterocycles. The molecule has 0 aliphatic carbocycles. The topological polar surface area (TPSA) is 36.4 Å². The second kappa shape index (κ2) is 9.80. The molecule has 0 unspecified atom stereocenters. The number of hydrogen-bond acceptors (Lipinski definition) is 4. The van der Waals surface area contributed by atoms with Crippen LogP contribution in [0.2, 0.25) is 0 Å². The lowest BCUT2D eigenvalue weighted by Crippen LogP contribution is -2.33. The third-order valence-electron chi connectivity index (χ3n) is 4.84. The van der Waals surface area contributed by atoms with Crippen LogP contribution in [-0.2, 0) is 17.6 Å². The van der Waals surface area contributed by atoms with Crippen LogP contribution in [-0.4, -0.2) is 43.0 Å². The molecule has 28 heavy (non-hydrogen) atoms. The summed E-state index contributed by atoms with van der Waals surface area (Å²) in [5.74, 6) is 0.150. The lowest BCUT2D eigenvalue weighted by atomic mass is 10.1. The quantitative estimate of drug-likeness (QED) is 0.523. The maximum Gasteiger partial charge on any atom is 0.229 e. The van der Waals surface area contributed by atoms with Gasteiger partial charge in [0, 0.05) is 13.0 Å². The first kappa shape index (κ1) is 20.5. The Morgan fingerprint density at radius 2 is 1.82 bits per heavy atom. The molecule has 3 aromatic rings. The van der Waals surface area contributed by atoms with Crippen LogP contribution in [0.1, 0.15) is 30.9 Å². The van der Waals surface area contributed by atoms with Gasteiger partial charge in [0.2, 0.25) is 5.91 Å². The molecule has 5 heteroatoms. The Morgan fingerprint density at radius 3 is 2.54 bits per heavy atom. The molecule has 0 radical (unpaired) electrons. The van der Waals surface area contributed by atoms with E-state index in [0.29, 0.717) is 13.0 Å². The van der Waals surface area contributed by atoms with Gasteiger partial charge >= 0.3 is 0 Å². The summed E-state index contributed by atoms with van der Waals surface area (Å²) in [6, 6.07) is 16.6. The number of fused-ring (bicyclic) bond motifs is 1. The van der Waals surface area contributed by atoms with Gasteiger partial charge in [0.25, 0.3) is 0 Å². The van der Waals surface area contributed by atoms with Crippen molar-refractivity contribution in [2.45, 2.75) is 32.6 Å². The van der Waals surface area contributed by atoms with E-state index >= 15 is 0 Å². The van der Waals surface area contributed by atoms with Gasteiger partial charge in [-0.1, -0.05) is 54.7 Å². The summed E-state index contributed by atoms with van der Waals surface area (Å²) in [5, 5.41) is 0.820. The number of carbonyl (C=O) groups is 1. The zero-order valence-corrected chi connectivity index (χ0v) is 17.8. The zero-order valence-electron chi connectivity index (χ0n) is 17.0. The average Bonchev–Trinajstić information content (AvgIpc) is 3.12. The van der Waals surface area contributed by atoms with Crippen molar-refractivity contribution in [1.29, 1.82) is 0 Å². The SMILES string of the molecule is CCc1ccc2nc(N(CCCN(C)C)C(=O)CCc3ccccc3)sc2c1. The van der Waals surface area contributed by atoms with Crippen LogP contribution in [0.4, 0.5) is 5.13 Å². The molecule has 0 fully saturated rings. The van der Waals surface area contributed by atoms with Crippen LogP contribution in [0.25, 0.3) is 10.2 Å². The molecule has 0 saturated carbocycles. The van der Waals surface area contributed by atoms with Crippen LogP contribution in [0.15, 0.2) is 48.5 Å². The standard InChI is InChI=1S/C23H29N3OS/c1-4-18-11-13-20-21(17-18)28-23(24-20)26(16-8-15-25(2)3)22(27)14-12-19-9-6-5-7-10-19/h5-7,9-11,13,17H,4,8,12,14-16H2,1-3H3. The van der Waals surface area contributed by atoms with E-state index in [1.165, 1.54) is 11.1 Å². The summed E-state index contributed by atoms with van der Waals surface area (Å²) in [6.45, 7) is 3.81. The fourth-order valence-corrected chi connectivity index (χ4v) is 4.27. The van der Waals surface area contributed by atoms with Crippen LogP contribution < -0.4 is 4.90 Å². The lowest BCUT2D eigenvalue weighted by molar-refractivity contribution is -0.118. The minimum Gasteiger partial charge on any atom is -0.309 e. The van der Waals surface area contributed by atoms with Crippen LogP contribution in [0.5, 0.6) is 0 Å². The number of benzene rings is 2. The molecule has 0 spiro atoms. The second-order valence-electron chi connectivity index (χ2n) is 7.34. The molecule has 4 nitrogen and oxygen atoms in total. The molecule has 0 aliphatic heterocycles. The Kier molecular flexibility index (Phi) is 7.18. The largest absolute Gasteiger partial charge is 0.309 e. The molecule has 0 aliphatic rings. The third-order valence-corrected chi connectivity index (χ3v) is 5.88. The molecule has 0 N–H and O–H groups in total. The summed E-state index contributed by atoms with van der Waals surface area (Å²) in [4.78, 5) is 21.9. The maximum absolute atomic E-state index is 13.1. The van der Waals surface area contributed by atoms with Gasteiger partial charge in [-0.15, -0.1) is 0 Å². The van der Waals surface area contributed by atoms with E-state index in [4.69, 9.17) is 4.98 Å². The maximum atomic E-state index is 13.1. The molecule has 2 aromatic carbocycles. The molecule has 0 saturated heterocycles. The minimum absolute atomic E-state index is 0.150. The molecule has 0 bridgehead atoms. The molecule has 0 atom stereocenters. The fraction of sp³-hybridized carbons (Fsp3) is 0.391. The van der Waals surface area contributed by atoms with Gasteiger partial charge in [-0.3, -0.25) is 9.69 Å². The lowest BCUT2D eigenvalue weighted by Gasteiger charge is -2.21. The Hall–Kier alpha value is -2.24. The molecular weight excluding hydrogens is 366 g/mol. The van der Waals surface area contributed by atoms with Crippen molar-refractivity contribution < 1.29 is 4.79 Å². The monoisotopic (exact) mass is 395 g/mol. The van der Waals surface area contributed by atoms with E-state index in [0.717, 1.165) is 41.2 Å². The van der Waals surface area contributed by atoms with Crippen LogP contribution >= 0.6 is 11.3 Å². The normalized spacial score (nSPS) is 11.3. The van der Waals surface area contributed by atoms with Gasteiger partial charge in [-0.2, -0.15) is 0 Å². The summed E-state index contributed by atoms with van der Waals surface area (Å²) >= 11 is 1.62. The van der Waals surface area contributed by atoms with Crippen molar-refractivity contribution in [3.63, 3.8) is 0 Å². The highest BCUT2D eigenvalue weighted by Gasteiger charge is 2.19. The number of nitrogens with zero attached hydrogens (tertiary/aromatic N) is 3. The first-order valence-electron chi connectivity index (χ1n) is 9.95. The summed E-state index contributed by atoms with van der Waals surface area (Å²) < 4.78 is 1.16. The van der Waals surface area contributed by atoms with Gasteiger partial charge in [0.05, 0.1) is 10.2 Å². The third kappa shape index (κ3) is 5.40. The summed E-state index contributed by atoms with van der Waals surface area (Å²) in [6.07, 6.45) is 3.20. The smallest absolute Gasteiger partial charge is 0.229 e. The highest BCUT2D eigenvalue weighted by molar-refractivity contribution is 7.22. The van der Waals surface area contributed by atoms with Crippen molar-refractivity contribution >= 4 is 32.6 Å². The van der Waals surface area contributed by atoms with Crippen molar-refractivity contribution in [3.8, 4) is 0 Å². The fourth-order valence-electron chi connectivity index (χ4n) is 3.20. The van der Waals surface area contributed by atoms with Crippen molar-refractivity contribution in [2.24, 2.45) is 0 Å². The number of aryl methyl sites for hydroxylation is 2. The minimum atomic E-state index is 0.150. The first-order chi connectivity index (χ1) is 13.6. The van der Waals surface area contributed by atoms with Gasteiger partial charge < -0.3 is 4.90 Å². The van der Waals surface area contributed by atoms with E-state index in [1.807, 2.05) is 23.1 Å². The number of rotatable bonds is 9. The van der Waals surface area contributed by atoms with E-state index in [9.17, 15) is 4.79 Å². The Bertz CT molecular complexity index is 905. The summed E-state index contributed by atoms with van der Waals surface area (Å²) in [5.41, 5.74) is 3.48. The molecule has 148 valence electrons. The van der Waals surface area contributed by atoms with Gasteiger partial charge in [0.15, 0.2) is 5.13 Å². The molecule has 3 rings (SSSR count). The second-order valence-corrected chi connectivity index (χ2v) is 8.35. The van der Waals surface area contributed by atoms with Crippen molar-refractivity contribution in [1.82, 2.24) is 9.88 Å². The van der Waals surface area contributed by atoms with Crippen molar-refractivity contribution in [3.05, 3.63) is 59.7 Å². The number of hydrogen-bond donors (Lipinski definition) is 0. The Labute approximate surface area is 171 Å². The average molecular weight is 396 g/mol. The number of amides is 1. The Balaban J connectivity index is 1.78. The number of thiazole rings is 1. The van der Waals surface area contributed by atoms with E-state index in [2.05, 4.69) is 56.3 Å². The van der Waals surface area contributed by atoms with Gasteiger partial charge in [-0.25, -0.2) is 4.98 Å².